The van der Waals surface area contributed by atoms with Crippen LogP contribution in [-0.4, -0.2) is 68.7 Å². The van der Waals surface area contributed by atoms with Crippen LogP contribution in [0.5, 0.6) is 0 Å². The Morgan fingerprint density at radius 2 is 2.00 bits per heavy atom. The smallest absolute Gasteiger partial charge is 0.232 e. The van der Waals surface area contributed by atoms with Gasteiger partial charge in [0.25, 0.3) is 0 Å². The number of likely N-dealkylation sites (tertiary alicyclic amines) is 2. The lowest BCUT2D eigenvalue weighted by Crippen LogP contribution is -2.40. The molecule has 2 saturated heterocycles. The van der Waals surface area contributed by atoms with Gasteiger partial charge in [-0.25, -0.2) is 0 Å². The SMILES string of the molecule is CSCC(=O)N1CCC[C@H](c2nnc(CN3CCCC3)n2C)C1. The van der Waals surface area contributed by atoms with E-state index in [1.54, 1.807) is 11.8 Å². The molecule has 2 aliphatic rings. The molecule has 3 rings (SSSR count). The van der Waals surface area contributed by atoms with Gasteiger partial charge in [-0.3, -0.25) is 9.69 Å². The number of carbonyl (C=O) groups excluding carboxylic acids is 1. The minimum absolute atomic E-state index is 0.252. The van der Waals surface area contributed by atoms with E-state index < -0.39 is 0 Å². The van der Waals surface area contributed by atoms with Crippen LogP contribution in [0.3, 0.4) is 0 Å². The van der Waals surface area contributed by atoms with Gasteiger partial charge < -0.3 is 9.47 Å². The molecule has 0 aliphatic carbocycles. The van der Waals surface area contributed by atoms with Crippen LogP contribution in [0.1, 0.15) is 43.3 Å². The van der Waals surface area contributed by atoms with Crippen LogP contribution in [0.15, 0.2) is 0 Å². The van der Waals surface area contributed by atoms with E-state index in [-0.39, 0.29) is 5.91 Å². The molecule has 1 atom stereocenters. The molecule has 1 amide bonds. The summed E-state index contributed by atoms with van der Waals surface area (Å²) in [5.74, 6) is 3.24. The van der Waals surface area contributed by atoms with Crippen LogP contribution < -0.4 is 0 Å². The maximum Gasteiger partial charge on any atom is 0.232 e. The third-order valence-corrected chi connectivity index (χ3v) is 5.51. The van der Waals surface area contributed by atoms with Crippen LogP contribution >= 0.6 is 11.8 Å². The number of carbonyl (C=O) groups is 1. The van der Waals surface area contributed by atoms with Crippen molar-refractivity contribution < 1.29 is 4.79 Å². The van der Waals surface area contributed by atoms with Crippen LogP contribution in [0, 0.1) is 0 Å². The fourth-order valence-electron chi connectivity index (χ4n) is 3.64. The lowest BCUT2D eigenvalue weighted by atomic mass is 9.97. The summed E-state index contributed by atoms with van der Waals surface area (Å²) < 4.78 is 2.16. The number of aromatic nitrogens is 3. The van der Waals surface area contributed by atoms with E-state index in [1.807, 2.05) is 11.2 Å². The van der Waals surface area contributed by atoms with E-state index in [0.717, 1.165) is 44.1 Å². The van der Waals surface area contributed by atoms with Crippen LogP contribution in [0.2, 0.25) is 0 Å². The molecule has 0 spiro atoms. The first-order valence-corrected chi connectivity index (χ1v) is 9.95. The van der Waals surface area contributed by atoms with Crippen LogP contribution in [-0.2, 0) is 18.4 Å². The average Bonchev–Trinajstić information content (AvgIpc) is 3.19. The first-order valence-electron chi connectivity index (χ1n) is 8.56. The highest BCUT2D eigenvalue weighted by Gasteiger charge is 2.28. The van der Waals surface area contributed by atoms with Gasteiger partial charge in [0.15, 0.2) is 0 Å². The largest absolute Gasteiger partial charge is 0.341 e. The first kappa shape index (κ1) is 16.8. The molecule has 1 aromatic heterocycles. The molecule has 23 heavy (non-hydrogen) atoms. The number of rotatable bonds is 5. The zero-order chi connectivity index (χ0) is 16.2. The number of nitrogens with zero attached hydrogens (tertiary/aromatic N) is 5. The van der Waals surface area contributed by atoms with E-state index in [9.17, 15) is 4.79 Å². The molecule has 1 aromatic rings. The third-order valence-electron chi connectivity index (χ3n) is 4.97. The van der Waals surface area contributed by atoms with E-state index in [4.69, 9.17) is 0 Å². The van der Waals surface area contributed by atoms with E-state index in [1.165, 1.54) is 25.9 Å². The molecule has 7 heteroatoms. The molecule has 6 nitrogen and oxygen atoms in total. The lowest BCUT2D eigenvalue weighted by molar-refractivity contribution is -0.129. The van der Waals surface area contributed by atoms with Gasteiger partial charge in [0.1, 0.15) is 11.6 Å². The van der Waals surface area contributed by atoms with Gasteiger partial charge in [0.05, 0.1) is 12.3 Å². The standard InChI is InChI=1S/C16H27N5OS/c1-19-14(11-20-7-3-4-8-20)17-18-16(19)13-6-5-9-21(10-13)15(22)12-23-2/h13H,3-12H2,1-2H3/t13-/m0/s1. The van der Waals surface area contributed by atoms with Crippen LogP contribution in [0.25, 0.3) is 0 Å². The molecular formula is C16H27N5OS. The van der Waals surface area contributed by atoms with Gasteiger partial charge in [-0.1, -0.05) is 0 Å². The Bertz CT molecular complexity index is 541. The van der Waals surface area contributed by atoms with Crippen molar-refractivity contribution in [3.63, 3.8) is 0 Å². The predicted octanol–water partition coefficient (Wildman–Crippen LogP) is 1.48. The quantitative estimate of drug-likeness (QED) is 0.815. The van der Waals surface area contributed by atoms with Crippen molar-refractivity contribution in [2.45, 2.75) is 38.1 Å². The monoisotopic (exact) mass is 337 g/mol. The summed E-state index contributed by atoms with van der Waals surface area (Å²) in [7, 11) is 2.07. The summed E-state index contributed by atoms with van der Waals surface area (Å²) in [5.41, 5.74) is 0. The summed E-state index contributed by atoms with van der Waals surface area (Å²) in [6.07, 6.45) is 6.71. The highest BCUT2D eigenvalue weighted by Crippen LogP contribution is 2.26. The first-order chi connectivity index (χ1) is 11.2. The van der Waals surface area contributed by atoms with Gasteiger partial charge in [0, 0.05) is 26.1 Å². The third kappa shape index (κ3) is 3.88. The Morgan fingerprint density at radius 3 is 2.74 bits per heavy atom. The number of piperidine rings is 1. The number of amides is 1. The maximum absolute atomic E-state index is 12.2. The minimum atomic E-state index is 0.252. The Labute approximate surface area is 142 Å². The molecule has 0 aromatic carbocycles. The van der Waals surface area contributed by atoms with Crippen molar-refractivity contribution in [1.82, 2.24) is 24.6 Å². The Kier molecular flexibility index (Phi) is 5.58. The van der Waals surface area contributed by atoms with Gasteiger partial charge >= 0.3 is 0 Å². The summed E-state index contributed by atoms with van der Waals surface area (Å²) >= 11 is 1.60. The molecular weight excluding hydrogens is 310 g/mol. The van der Waals surface area contributed by atoms with Gasteiger partial charge in [0.2, 0.25) is 5.91 Å². The fraction of sp³-hybridized carbons (Fsp3) is 0.812. The van der Waals surface area contributed by atoms with Crippen molar-refractivity contribution in [3.8, 4) is 0 Å². The van der Waals surface area contributed by atoms with Crippen molar-refractivity contribution >= 4 is 17.7 Å². The number of thioether (sulfide) groups is 1. The molecule has 0 saturated carbocycles. The van der Waals surface area contributed by atoms with Gasteiger partial charge in [-0.15, -0.1) is 10.2 Å². The summed E-state index contributed by atoms with van der Waals surface area (Å²) in [4.78, 5) is 16.6. The van der Waals surface area contributed by atoms with E-state index in [0.29, 0.717) is 11.7 Å². The Morgan fingerprint density at radius 1 is 1.22 bits per heavy atom. The highest BCUT2D eigenvalue weighted by atomic mass is 32.2. The van der Waals surface area contributed by atoms with E-state index >= 15 is 0 Å². The predicted molar refractivity (Wildman–Crippen MR) is 92.5 cm³/mol. The van der Waals surface area contributed by atoms with Crippen LogP contribution in [0.4, 0.5) is 0 Å². The zero-order valence-electron chi connectivity index (χ0n) is 14.2. The summed E-state index contributed by atoms with van der Waals surface area (Å²) in [6, 6.07) is 0. The summed E-state index contributed by atoms with van der Waals surface area (Å²) in [5, 5.41) is 8.89. The number of hydrogen-bond donors (Lipinski definition) is 0. The van der Waals surface area contributed by atoms with E-state index in [2.05, 4.69) is 26.7 Å². The van der Waals surface area contributed by atoms with Crippen molar-refractivity contribution in [2.24, 2.45) is 7.05 Å². The molecule has 128 valence electrons. The van der Waals surface area contributed by atoms with Crippen molar-refractivity contribution in [3.05, 3.63) is 11.6 Å². The van der Waals surface area contributed by atoms with Gasteiger partial charge in [-0.2, -0.15) is 11.8 Å². The Balaban J connectivity index is 1.66. The molecule has 0 N–H and O–H groups in total. The number of hydrogen-bond acceptors (Lipinski definition) is 5. The molecule has 0 unspecified atom stereocenters. The van der Waals surface area contributed by atoms with Crippen molar-refractivity contribution in [1.29, 1.82) is 0 Å². The Hall–Kier alpha value is -1.08. The average molecular weight is 337 g/mol. The van der Waals surface area contributed by atoms with Gasteiger partial charge in [-0.05, 0) is 45.0 Å². The highest BCUT2D eigenvalue weighted by molar-refractivity contribution is 7.99. The minimum Gasteiger partial charge on any atom is -0.341 e. The molecule has 0 bridgehead atoms. The second-order valence-electron chi connectivity index (χ2n) is 6.63. The van der Waals surface area contributed by atoms with Crippen molar-refractivity contribution in [2.75, 3.05) is 38.2 Å². The molecule has 0 radical (unpaired) electrons. The lowest BCUT2D eigenvalue weighted by Gasteiger charge is -2.32. The topological polar surface area (TPSA) is 54.3 Å². The summed E-state index contributed by atoms with van der Waals surface area (Å²) in [6.45, 7) is 4.90. The molecule has 3 heterocycles. The normalized spacial score (nSPS) is 22.7. The maximum atomic E-state index is 12.2. The zero-order valence-corrected chi connectivity index (χ0v) is 15.0. The second kappa shape index (κ2) is 7.66. The second-order valence-corrected chi connectivity index (χ2v) is 7.49. The molecule has 2 fully saturated rings. The fourth-order valence-corrected chi connectivity index (χ4v) is 4.07. The molecule has 2 aliphatic heterocycles.